The van der Waals surface area contributed by atoms with E-state index < -0.39 is 0 Å². The Morgan fingerprint density at radius 1 is 1.18 bits per heavy atom. The highest BCUT2D eigenvalue weighted by Crippen LogP contribution is 2.21. The quantitative estimate of drug-likeness (QED) is 0.673. The van der Waals surface area contributed by atoms with Crippen LogP contribution in [-0.2, 0) is 0 Å². The Hall–Kier alpha value is -2.31. The maximum atomic E-state index is 4.56. The number of allylic oxidation sites excluding steroid dienone is 5. The van der Waals surface area contributed by atoms with Gasteiger partial charge in [-0.25, -0.2) is 4.98 Å². The van der Waals surface area contributed by atoms with Crippen LogP contribution in [0.25, 0.3) is 16.7 Å². The predicted octanol–water partition coefficient (Wildman–Crippen LogP) is 3.47. The summed E-state index contributed by atoms with van der Waals surface area (Å²) in [5, 5.41) is 0. The average Bonchev–Trinajstić information content (AvgIpc) is 2.53. The molecule has 1 aromatic carbocycles. The molecule has 0 amide bonds. The smallest absolute Gasteiger partial charge is 0.111 e. The number of fused-ring (bicyclic) bond motifs is 1. The van der Waals surface area contributed by atoms with E-state index in [0.29, 0.717) is 0 Å². The molecule has 1 heterocycles. The second-order valence-electron chi connectivity index (χ2n) is 3.94. The number of aryl methyl sites for hydroxylation is 1. The van der Waals surface area contributed by atoms with E-state index >= 15 is 0 Å². The highest BCUT2D eigenvalue weighted by molar-refractivity contribution is 5.82. The van der Waals surface area contributed by atoms with E-state index in [4.69, 9.17) is 0 Å². The third kappa shape index (κ3) is 1.65. The molecule has 0 N–H and O–H groups in total. The van der Waals surface area contributed by atoms with Gasteiger partial charge in [0.2, 0.25) is 0 Å². The molecule has 0 radical (unpaired) electrons. The molecule has 2 heteroatoms. The first-order valence-corrected chi connectivity index (χ1v) is 5.60. The first kappa shape index (κ1) is 9.88. The van der Waals surface area contributed by atoms with Crippen molar-refractivity contribution in [3.8, 4) is 0 Å². The first-order valence-electron chi connectivity index (χ1n) is 5.60. The molecule has 0 spiro atoms. The van der Waals surface area contributed by atoms with Crippen LogP contribution in [0.2, 0.25) is 0 Å². The summed E-state index contributed by atoms with van der Waals surface area (Å²) in [6.45, 7) is 2.02. The zero-order valence-electron chi connectivity index (χ0n) is 9.59. The summed E-state index contributed by atoms with van der Waals surface area (Å²) in [5.41, 5.74) is 6.36. The number of rotatable bonds is 1. The van der Waals surface area contributed by atoms with Crippen molar-refractivity contribution in [2.75, 3.05) is 0 Å². The van der Waals surface area contributed by atoms with Crippen LogP contribution >= 0.6 is 0 Å². The molecule has 0 saturated carbocycles. The molecule has 0 fully saturated rings. The molecule has 0 atom stereocenters. The van der Waals surface area contributed by atoms with E-state index in [2.05, 4.69) is 27.4 Å². The van der Waals surface area contributed by atoms with Crippen LogP contribution in [0.1, 0.15) is 5.82 Å². The Bertz CT molecular complexity index is 693. The second-order valence-corrected chi connectivity index (χ2v) is 3.94. The lowest BCUT2D eigenvalue weighted by Crippen LogP contribution is -1.96. The Morgan fingerprint density at radius 2 is 2.06 bits per heavy atom. The molecule has 0 unspecified atom stereocenters. The van der Waals surface area contributed by atoms with Crippen LogP contribution in [0.3, 0.4) is 0 Å². The zero-order valence-corrected chi connectivity index (χ0v) is 9.59. The molecule has 2 nitrogen and oxygen atoms in total. The van der Waals surface area contributed by atoms with E-state index in [-0.39, 0.29) is 0 Å². The molecule has 3 rings (SSSR count). The summed E-state index contributed by atoms with van der Waals surface area (Å²) in [4.78, 5) is 4.56. The minimum Gasteiger partial charge on any atom is -0.296 e. The van der Waals surface area contributed by atoms with Gasteiger partial charge in [-0.2, -0.15) is 0 Å². The monoisotopic (exact) mass is 220 g/mol. The molecule has 17 heavy (non-hydrogen) atoms. The maximum absolute atomic E-state index is 4.56. The maximum Gasteiger partial charge on any atom is 0.111 e. The van der Waals surface area contributed by atoms with Gasteiger partial charge in [-0.3, -0.25) is 4.57 Å². The second kappa shape index (κ2) is 3.93. The van der Waals surface area contributed by atoms with Crippen LogP contribution in [0, 0.1) is 6.92 Å². The normalized spacial score (nSPS) is 14.1. The van der Waals surface area contributed by atoms with E-state index in [1.165, 1.54) is 0 Å². The standard InChI is InChI=1S/C15H12N2/c1-12-16-14-10-6-7-11-15(14)17(12)13-8-4-2-3-5-9-13/h2-4,6-11H,1H3. The fraction of sp³-hybridized carbons (Fsp3) is 0.0667. The highest BCUT2D eigenvalue weighted by Gasteiger charge is 2.08. The number of nitrogens with zero attached hydrogens (tertiary/aromatic N) is 2. The molecule has 0 aliphatic heterocycles. The number of imidazole rings is 1. The minimum atomic E-state index is 0.991. The number of hydrogen-bond donors (Lipinski definition) is 0. The van der Waals surface area contributed by atoms with Crippen molar-refractivity contribution >= 4 is 16.7 Å². The molecule has 2 aromatic rings. The lowest BCUT2D eigenvalue weighted by molar-refractivity contribution is 1.03. The summed E-state index contributed by atoms with van der Waals surface area (Å²) >= 11 is 0. The summed E-state index contributed by atoms with van der Waals surface area (Å²) < 4.78 is 2.14. The topological polar surface area (TPSA) is 17.8 Å². The molecular formula is C15H12N2. The van der Waals surface area contributed by atoms with E-state index in [1.807, 2.05) is 49.4 Å². The van der Waals surface area contributed by atoms with Crippen molar-refractivity contribution in [3.05, 3.63) is 66.2 Å². The molecule has 0 saturated heterocycles. The lowest BCUT2D eigenvalue weighted by Gasteiger charge is -2.06. The van der Waals surface area contributed by atoms with Crippen molar-refractivity contribution in [3.63, 3.8) is 0 Å². The molecule has 1 aliphatic carbocycles. The van der Waals surface area contributed by atoms with Gasteiger partial charge in [0.05, 0.1) is 16.7 Å². The van der Waals surface area contributed by atoms with Crippen molar-refractivity contribution < 1.29 is 0 Å². The summed E-state index contributed by atoms with van der Waals surface area (Å²) in [5.74, 6) is 0.991. The van der Waals surface area contributed by atoms with Crippen molar-refractivity contribution in [1.29, 1.82) is 0 Å². The van der Waals surface area contributed by atoms with E-state index in [0.717, 1.165) is 22.6 Å². The molecule has 0 bridgehead atoms. The molecular weight excluding hydrogens is 208 g/mol. The number of aromatic nitrogens is 2. The fourth-order valence-corrected chi connectivity index (χ4v) is 2.06. The van der Waals surface area contributed by atoms with Gasteiger partial charge in [0.1, 0.15) is 5.82 Å². The lowest BCUT2D eigenvalue weighted by atomic mass is 10.3. The Balaban J connectivity index is 2.30. The van der Waals surface area contributed by atoms with Gasteiger partial charge in [0, 0.05) is 6.08 Å². The fourth-order valence-electron chi connectivity index (χ4n) is 2.06. The van der Waals surface area contributed by atoms with E-state index in [1.54, 1.807) is 0 Å². The van der Waals surface area contributed by atoms with Gasteiger partial charge in [-0.15, -0.1) is 5.73 Å². The van der Waals surface area contributed by atoms with Gasteiger partial charge in [-0.1, -0.05) is 24.3 Å². The number of hydrogen-bond acceptors (Lipinski definition) is 1. The summed E-state index contributed by atoms with van der Waals surface area (Å²) in [6, 6.07) is 8.16. The van der Waals surface area contributed by atoms with Gasteiger partial charge >= 0.3 is 0 Å². The third-order valence-electron chi connectivity index (χ3n) is 2.79. The SMILES string of the molecule is Cc1nc2ccccc2n1C1=CC=CC=C=C1. The minimum absolute atomic E-state index is 0.991. The van der Waals surface area contributed by atoms with Crippen LogP contribution in [0.5, 0.6) is 0 Å². The van der Waals surface area contributed by atoms with Crippen LogP contribution in [0.15, 0.2) is 60.4 Å². The Morgan fingerprint density at radius 3 is 3.00 bits per heavy atom. The molecule has 82 valence electrons. The Kier molecular flexibility index (Phi) is 2.28. The largest absolute Gasteiger partial charge is 0.296 e. The molecule has 1 aliphatic rings. The van der Waals surface area contributed by atoms with Gasteiger partial charge in [0.25, 0.3) is 0 Å². The van der Waals surface area contributed by atoms with Gasteiger partial charge < -0.3 is 0 Å². The average molecular weight is 220 g/mol. The highest BCUT2D eigenvalue weighted by atomic mass is 15.1. The number of benzene rings is 1. The van der Waals surface area contributed by atoms with Crippen molar-refractivity contribution in [1.82, 2.24) is 9.55 Å². The Labute approximate surface area is 99.9 Å². The first-order chi connectivity index (χ1) is 8.36. The van der Waals surface area contributed by atoms with Crippen LogP contribution < -0.4 is 0 Å². The summed E-state index contributed by atoms with van der Waals surface area (Å²) in [6.07, 6.45) is 9.93. The number of para-hydroxylation sites is 2. The third-order valence-corrected chi connectivity index (χ3v) is 2.79. The van der Waals surface area contributed by atoms with Crippen LogP contribution in [0.4, 0.5) is 0 Å². The van der Waals surface area contributed by atoms with Crippen LogP contribution in [-0.4, -0.2) is 9.55 Å². The predicted molar refractivity (Wildman–Crippen MR) is 70.5 cm³/mol. The zero-order chi connectivity index (χ0) is 11.7. The van der Waals surface area contributed by atoms with Crippen molar-refractivity contribution in [2.45, 2.75) is 6.92 Å². The van der Waals surface area contributed by atoms with Gasteiger partial charge in [0.15, 0.2) is 0 Å². The van der Waals surface area contributed by atoms with Gasteiger partial charge in [-0.05, 0) is 31.2 Å². The van der Waals surface area contributed by atoms with Crippen molar-refractivity contribution in [2.24, 2.45) is 0 Å². The summed E-state index contributed by atoms with van der Waals surface area (Å²) in [7, 11) is 0. The molecule has 1 aromatic heterocycles. The van der Waals surface area contributed by atoms with E-state index in [9.17, 15) is 0 Å².